The van der Waals surface area contributed by atoms with Crippen LogP contribution in [0.5, 0.6) is 0 Å². The van der Waals surface area contributed by atoms with Gasteiger partial charge in [0.05, 0.1) is 18.2 Å². The van der Waals surface area contributed by atoms with Gasteiger partial charge >= 0.3 is 0 Å². The first-order chi connectivity index (χ1) is 19.2. The Labute approximate surface area is 233 Å². The Morgan fingerprint density at radius 1 is 1.07 bits per heavy atom. The van der Waals surface area contributed by atoms with Crippen LogP contribution in [0.25, 0.3) is 0 Å². The number of halogens is 2. The molecule has 3 aromatic carbocycles. The zero-order valence-electron chi connectivity index (χ0n) is 23.4. The first-order valence-electron chi connectivity index (χ1n) is 13.0. The monoisotopic (exact) mass is 547 g/mol. The summed E-state index contributed by atoms with van der Waals surface area (Å²) in [5, 5.41) is 13.5. The number of amides is 1. The lowest BCUT2D eigenvalue weighted by molar-refractivity contribution is -0.118. The van der Waals surface area contributed by atoms with Gasteiger partial charge in [-0.3, -0.25) is 9.48 Å². The molecule has 1 amide bonds. The number of aryl methyl sites for hydroxylation is 3. The second-order valence-electron chi connectivity index (χ2n) is 9.05. The highest BCUT2D eigenvalue weighted by Crippen LogP contribution is 2.33. The molecule has 8 nitrogen and oxygen atoms in total. The fourth-order valence-corrected chi connectivity index (χ4v) is 4.24. The molecule has 2 heterocycles. The van der Waals surface area contributed by atoms with E-state index < -0.39 is 0 Å². The highest BCUT2D eigenvalue weighted by molar-refractivity contribution is 6.11. The molecule has 0 spiro atoms. The van der Waals surface area contributed by atoms with E-state index in [-0.39, 0.29) is 24.1 Å². The fourth-order valence-electron chi connectivity index (χ4n) is 4.24. The molecule has 1 aromatic heterocycles. The fraction of sp³-hybridized carbons (Fsp3) is 0.267. The lowest BCUT2D eigenvalue weighted by atomic mass is 9.88. The van der Waals surface area contributed by atoms with Crippen molar-refractivity contribution < 1.29 is 13.6 Å². The van der Waals surface area contributed by atoms with Crippen molar-refractivity contribution in [2.24, 2.45) is 12.1 Å². The average molecular weight is 548 g/mol. The van der Waals surface area contributed by atoms with Crippen molar-refractivity contribution in [3.63, 3.8) is 0 Å². The highest BCUT2D eigenvalue weighted by atomic mass is 19.1. The number of nitrogens with two attached hydrogens (primary N) is 1. The van der Waals surface area contributed by atoms with Gasteiger partial charge in [-0.2, -0.15) is 10.2 Å². The number of nitrogens with one attached hydrogen (secondary N) is 1. The molecule has 0 saturated carbocycles. The number of nitrogen functional groups attached to an aromatic ring is 1. The van der Waals surface area contributed by atoms with Crippen LogP contribution in [0.1, 0.15) is 47.8 Å². The number of fused-ring (bicyclic) bond motifs is 1. The molecular weight excluding hydrogens is 512 g/mol. The Hall–Kier alpha value is -4.60. The van der Waals surface area contributed by atoms with Crippen molar-refractivity contribution in [1.82, 2.24) is 19.8 Å². The van der Waals surface area contributed by atoms with Crippen LogP contribution in [-0.4, -0.2) is 38.4 Å². The number of hydrazone groups is 1. The van der Waals surface area contributed by atoms with E-state index in [2.05, 4.69) is 20.5 Å². The van der Waals surface area contributed by atoms with Crippen LogP contribution in [0.2, 0.25) is 0 Å². The molecule has 0 fully saturated rings. The number of carbonyl (C=O) groups is 1. The molecular formula is C30H35F2N7O. The molecule has 4 aromatic rings. The van der Waals surface area contributed by atoms with E-state index in [1.807, 2.05) is 39.8 Å². The topological polar surface area (TPSA) is 101 Å². The number of hydrogen-bond donors (Lipinski definition) is 2. The van der Waals surface area contributed by atoms with Gasteiger partial charge in [0, 0.05) is 30.5 Å². The largest absolute Gasteiger partial charge is 0.399 e. The molecule has 1 unspecified atom stereocenters. The van der Waals surface area contributed by atoms with Gasteiger partial charge in [0.1, 0.15) is 23.8 Å². The van der Waals surface area contributed by atoms with Crippen molar-refractivity contribution >= 4 is 23.5 Å². The summed E-state index contributed by atoms with van der Waals surface area (Å²) in [6.45, 7) is 8.49. The first-order valence-corrected chi connectivity index (χ1v) is 13.0. The molecule has 0 saturated heterocycles. The van der Waals surface area contributed by atoms with Crippen molar-refractivity contribution in [3.05, 3.63) is 107 Å². The number of rotatable bonds is 5. The summed E-state index contributed by atoms with van der Waals surface area (Å²) >= 11 is 0. The molecule has 40 heavy (non-hydrogen) atoms. The second kappa shape index (κ2) is 14.0. The Balaban J connectivity index is 0.000000376. The molecule has 10 heteroatoms. The molecule has 0 aliphatic carbocycles. The lowest BCUT2D eigenvalue weighted by Gasteiger charge is -2.29. The SMILES string of the molecule is CC.Cc1cc(F)cc2c1/C(=N\N(C=O)Cc1ccc(N)cc1)C(c1ncnn1C)CN2.Cc1ccc(F)cc1. The van der Waals surface area contributed by atoms with Gasteiger partial charge in [0.2, 0.25) is 6.41 Å². The second-order valence-corrected chi connectivity index (χ2v) is 9.05. The van der Waals surface area contributed by atoms with Gasteiger partial charge in [-0.1, -0.05) is 43.7 Å². The quantitative estimate of drug-likeness (QED) is 0.193. The van der Waals surface area contributed by atoms with Gasteiger partial charge < -0.3 is 11.1 Å². The predicted molar refractivity (Wildman–Crippen MR) is 155 cm³/mol. The molecule has 1 aliphatic heterocycles. The van der Waals surface area contributed by atoms with Crippen LogP contribution in [0, 0.1) is 25.5 Å². The van der Waals surface area contributed by atoms with Gasteiger partial charge in [0.15, 0.2) is 0 Å². The molecule has 1 aliphatic rings. The molecule has 1 atom stereocenters. The summed E-state index contributed by atoms with van der Waals surface area (Å²) in [5.41, 5.74) is 11.1. The van der Waals surface area contributed by atoms with Crippen LogP contribution >= 0.6 is 0 Å². The van der Waals surface area contributed by atoms with Crippen molar-refractivity contribution in [3.8, 4) is 0 Å². The van der Waals surface area contributed by atoms with Crippen LogP contribution in [0.4, 0.5) is 20.2 Å². The number of anilines is 2. The minimum absolute atomic E-state index is 0.171. The number of hydrogen-bond acceptors (Lipinski definition) is 6. The van der Waals surface area contributed by atoms with E-state index >= 15 is 0 Å². The number of benzene rings is 3. The Bertz CT molecular complexity index is 1410. The van der Waals surface area contributed by atoms with Gasteiger partial charge in [0.25, 0.3) is 0 Å². The Morgan fingerprint density at radius 2 is 1.75 bits per heavy atom. The maximum absolute atomic E-state index is 14.0. The summed E-state index contributed by atoms with van der Waals surface area (Å²) in [6, 6.07) is 16.6. The van der Waals surface area contributed by atoms with E-state index in [0.717, 1.165) is 22.3 Å². The zero-order chi connectivity index (χ0) is 29.2. The third-order valence-corrected chi connectivity index (χ3v) is 6.13. The van der Waals surface area contributed by atoms with Crippen molar-refractivity contribution in [1.29, 1.82) is 0 Å². The number of aromatic nitrogens is 3. The molecule has 0 radical (unpaired) electrons. The maximum Gasteiger partial charge on any atom is 0.230 e. The predicted octanol–water partition coefficient (Wildman–Crippen LogP) is 5.58. The highest BCUT2D eigenvalue weighted by Gasteiger charge is 2.32. The molecule has 5 rings (SSSR count). The maximum atomic E-state index is 14.0. The summed E-state index contributed by atoms with van der Waals surface area (Å²) in [4.78, 5) is 16.2. The zero-order valence-corrected chi connectivity index (χ0v) is 23.4. The van der Waals surface area contributed by atoms with E-state index in [4.69, 9.17) is 5.73 Å². The smallest absolute Gasteiger partial charge is 0.230 e. The van der Waals surface area contributed by atoms with Crippen LogP contribution in [0.15, 0.2) is 72.1 Å². The normalized spacial score (nSPS) is 14.6. The van der Waals surface area contributed by atoms with Gasteiger partial charge in [-0.15, -0.1) is 0 Å². The van der Waals surface area contributed by atoms with Crippen LogP contribution < -0.4 is 11.1 Å². The van der Waals surface area contributed by atoms with Crippen LogP contribution in [-0.2, 0) is 18.4 Å². The number of nitrogens with zero attached hydrogens (tertiary/aromatic N) is 5. The Morgan fingerprint density at radius 3 is 2.33 bits per heavy atom. The van der Waals surface area contributed by atoms with Crippen molar-refractivity contribution in [2.45, 2.75) is 40.2 Å². The molecule has 3 N–H and O–H groups in total. The standard InChI is InChI=1S/C21H22FN7O.C7H7F.C2H6/c1-13-7-15(22)8-18-19(13)20(17(9-24-18)21-25-11-26-28(21)2)27-29(12-30)10-14-3-5-16(23)6-4-14;1-6-2-4-7(8)5-3-6;1-2/h3-8,11-12,17,24H,9-10,23H2,1-2H3;2-5H,1H3;1-2H3/b27-20-;;. The Kier molecular flexibility index (Phi) is 10.5. The van der Waals surface area contributed by atoms with E-state index in [1.54, 1.807) is 36.0 Å². The number of carbonyl (C=O) groups excluding carboxylic acids is 1. The summed E-state index contributed by atoms with van der Waals surface area (Å²) in [6.07, 6.45) is 2.16. The van der Waals surface area contributed by atoms with E-state index in [0.29, 0.717) is 35.9 Å². The van der Waals surface area contributed by atoms with Crippen LogP contribution in [0.3, 0.4) is 0 Å². The summed E-state index contributed by atoms with van der Waals surface area (Å²) in [7, 11) is 1.80. The van der Waals surface area contributed by atoms with Gasteiger partial charge in [-0.25, -0.2) is 18.8 Å². The molecule has 0 bridgehead atoms. The minimum Gasteiger partial charge on any atom is -0.399 e. The van der Waals surface area contributed by atoms with Gasteiger partial charge in [-0.05, 0) is 61.4 Å². The minimum atomic E-state index is -0.329. The van der Waals surface area contributed by atoms with E-state index in [9.17, 15) is 13.6 Å². The lowest BCUT2D eigenvalue weighted by Crippen LogP contribution is -2.33. The third-order valence-electron chi connectivity index (χ3n) is 6.13. The summed E-state index contributed by atoms with van der Waals surface area (Å²) in [5.74, 6) is -0.0584. The first kappa shape index (κ1) is 29.9. The molecule has 210 valence electrons. The average Bonchev–Trinajstić information content (AvgIpc) is 3.37. The van der Waals surface area contributed by atoms with Crippen molar-refractivity contribution in [2.75, 3.05) is 17.6 Å². The third kappa shape index (κ3) is 7.49. The summed E-state index contributed by atoms with van der Waals surface area (Å²) < 4.78 is 27.7. The van der Waals surface area contributed by atoms with E-state index in [1.165, 1.54) is 35.6 Å².